The Balaban J connectivity index is 2.41. The third kappa shape index (κ3) is 1.87. The average molecular weight is 252 g/mol. The van der Waals surface area contributed by atoms with E-state index >= 15 is 0 Å². The van der Waals surface area contributed by atoms with Gasteiger partial charge in [0.25, 0.3) is 0 Å². The second-order valence-electron chi connectivity index (χ2n) is 5.16. The summed E-state index contributed by atoms with van der Waals surface area (Å²) in [7, 11) is 6.20. The van der Waals surface area contributed by atoms with E-state index in [2.05, 4.69) is 60.9 Å². The number of aryl methyl sites for hydroxylation is 1. The maximum absolute atomic E-state index is 5.89. The van der Waals surface area contributed by atoms with Crippen molar-refractivity contribution in [2.75, 3.05) is 24.7 Å². The van der Waals surface area contributed by atoms with E-state index < -0.39 is 0 Å². The predicted molar refractivity (Wildman–Crippen MR) is 81.4 cm³/mol. The molecule has 3 nitrogen and oxygen atoms in total. The fraction of sp³-hybridized carbons (Fsp3) is 0.188. The van der Waals surface area contributed by atoms with Gasteiger partial charge < -0.3 is 10.6 Å². The van der Waals surface area contributed by atoms with Gasteiger partial charge in [0.05, 0.1) is 0 Å². The zero-order chi connectivity index (χ0) is 13.6. The van der Waals surface area contributed by atoms with Gasteiger partial charge in [-0.25, -0.2) is 0 Å². The van der Waals surface area contributed by atoms with Crippen LogP contribution in [0.5, 0.6) is 0 Å². The molecular formula is C16H18N3+. The van der Waals surface area contributed by atoms with Crippen LogP contribution in [0.25, 0.3) is 21.8 Å². The summed E-state index contributed by atoms with van der Waals surface area (Å²) in [5.41, 5.74) is 10.3. The summed E-state index contributed by atoms with van der Waals surface area (Å²) in [6.07, 6.45) is 0. The molecule has 0 aliphatic carbocycles. The molecule has 0 saturated heterocycles. The molecule has 3 rings (SSSR count). The Hall–Kier alpha value is -2.29. The zero-order valence-electron chi connectivity index (χ0n) is 11.5. The van der Waals surface area contributed by atoms with Gasteiger partial charge in [-0.15, -0.1) is 0 Å². The number of hydrogen-bond donors (Lipinski definition) is 1. The highest BCUT2D eigenvalue weighted by atomic mass is 15.1. The van der Waals surface area contributed by atoms with E-state index in [-0.39, 0.29) is 0 Å². The lowest BCUT2D eigenvalue weighted by molar-refractivity contribution is -0.617. The van der Waals surface area contributed by atoms with Crippen molar-refractivity contribution in [1.29, 1.82) is 0 Å². The van der Waals surface area contributed by atoms with Gasteiger partial charge in [-0.2, -0.15) is 4.57 Å². The van der Waals surface area contributed by atoms with Crippen LogP contribution in [0.15, 0.2) is 42.5 Å². The third-order valence-electron chi connectivity index (χ3n) is 3.62. The van der Waals surface area contributed by atoms with E-state index in [4.69, 9.17) is 5.73 Å². The van der Waals surface area contributed by atoms with Gasteiger partial charge in [0, 0.05) is 48.4 Å². The molecule has 0 atom stereocenters. The van der Waals surface area contributed by atoms with E-state index in [1.165, 1.54) is 22.0 Å². The van der Waals surface area contributed by atoms with Crippen molar-refractivity contribution in [3.05, 3.63) is 42.5 Å². The number of benzene rings is 2. The van der Waals surface area contributed by atoms with Crippen LogP contribution in [-0.4, -0.2) is 14.1 Å². The monoisotopic (exact) mass is 252 g/mol. The molecule has 96 valence electrons. The molecule has 3 heteroatoms. The number of anilines is 2. The molecule has 0 bridgehead atoms. The van der Waals surface area contributed by atoms with Crippen molar-refractivity contribution in [2.45, 2.75) is 0 Å². The first kappa shape index (κ1) is 11.8. The smallest absolute Gasteiger partial charge is 0.214 e. The number of nitrogen functional groups attached to an aromatic ring is 1. The molecule has 1 heterocycles. The number of pyridine rings is 1. The minimum Gasteiger partial charge on any atom is -0.399 e. The highest BCUT2D eigenvalue weighted by Gasteiger charge is 2.12. The van der Waals surface area contributed by atoms with Crippen LogP contribution in [0, 0.1) is 0 Å². The predicted octanol–water partition coefficient (Wildman–Crippen LogP) is 2.47. The quantitative estimate of drug-likeness (QED) is 0.410. The van der Waals surface area contributed by atoms with Gasteiger partial charge >= 0.3 is 0 Å². The first-order chi connectivity index (χ1) is 9.06. The number of nitrogens with two attached hydrogens (primary N) is 1. The first-order valence-electron chi connectivity index (χ1n) is 6.35. The Morgan fingerprint density at radius 1 is 0.895 bits per heavy atom. The Kier molecular flexibility index (Phi) is 2.56. The van der Waals surface area contributed by atoms with Gasteiger partial charge in [-0.05, 0) is 30.3 Å². The zero-order valence-corrected chi connectivity index (χ0v) is 11.5. The van der Waals surface area contributed by atoms with Gasteiger partial charge in [0.15, 0.2) is 0 Å². The molecule has 0 saturated carbocycles. The van der Waals surface area contributed by atoms with Gasteiger partial charge in [0.2, 0.25) is 11.0 Å². The molecule has 19 heavy (non-hydrogen) atoms. The Bertz CT molecular complexity index is 776. The lowest BCUT2D eigenvalue weighted by Crippen LogP contribution is -2.30. The summed E-state index contributed by atoms with van der Waals surface area (Å²) < 4.78 is 2.20. The standard InChI is InChI=1S/C16H17N3/c1-18(2)14-7-5-12-8-11-4-6-13(17)9-15(11)19(3)16(12)10-14/h4-10,17H,1-3H3/p+1. The first-order valence-corrected chi connectivity index (χ1v) is 6.35. The van der Waals surface area contributed by atoms with Crippen LogP contribution < -0.4 is 15.2 Å². The third-order valence-corrected chi connectivity index (χ3v) is 3.62. The highest BCUT2D eigenvalue weighted by molar-refractivity contribution is 5.91. The van der Waals surface area contributed by atoms with Crippen molar-refractivity contribution in [1.82, 2.24) is 0 Å². The molecule has 0 aliphatic heterocycles. The topological polar surface area (TPSA) is 33.1 Å². The van der Waals surface area contributed by atoms with Crippen molar-refractivity contribution in [2.24, 2.45) is 7.05 Å². The maximum Gasteiger partial charge on any atom is 0.214 e. The van der Waals surface area contributed by atoms with Crippen LogP contribution in [0.1, 0.15) is 0 Å². The summed E-state index contributed by atoms with van der Waals surface area (Å²) in [6.45, 7) is 0. The second kappa shape index (κ2) is 4.12. The Morgan fingerprint density at radius 3 is 2.21 bits per heavy atom. The van der Waals surface area contributed by atoms with Crippen LogP contribution in [0.2, 0.25) is 0 Å². The molecule has 0 radical (unpaired) electrons. The number of nitrogens with zero attached hydrogens (tertiary/aromatic N) is 2. The lowest BCUT2D eigenvalue weighted by Gasteiger charge is -2.12. The van der Waals surface area contributed by atoms with Crippen molar-refractivity contribution in [3.8, 4) is 0 Å². The summed E-state index contributed by atoms with van der Waals surface area (Å²) >= 11 is 0. The molecule has 2 N–H and O–H groups in total. The molecule has 0 unspecified atom stereocenters. The van der Waals surface area contributed by atoms with Crippen molar-refractivity contribution in [3.63, 3.8) is 0 Å². The van der Waals surface area contributed by atoms with Crippen molar-refractivity contribution >= 4 is 33.2 Å². The second-order valence-corrected chi connectivity index (χ2v) is 5.16. The van der Waals surface area contributed by atoms with Gasteiger partial charge in [-0.1, -0.05) is 0 Å². The Morgan fingerprint density at radius 2 is 1.53 bits per heavy atom. The van der Waals surface area contributed by atoms with Gasteiger partial charge in [0.1, 0.15) is 7.05 Å². The molecule has 1 aromatic heterocycles. The van der Waals surface area contributed by atoms with E-state index in [0.29, 0.717) is 0 Å². The molecule has 0 amide bonds. The van der Waals surface area contributed by atoms with E-state index in [9.17, 15) is 0 Å². The van der Waals surface area contributed by atoms with E-state index in [0.717, 1.165) is 11.2 Å². The summed E-state index contributed by atoms with van der Waals surface area (Å²) in [5.74, 6) is 0. The highest BCUT2D eigenvalue weighted by Crippen LogP contribution is 2.23. The molecular weight excluding hydrogens is 234 g/mol. The Labute approximate surface area is 112 Å². The minimum atomic E-state index is 0.797. The average Bonchev–Trinajstić information content (AvgIpc) is 2.39. The lowest BCUT2D eigenvalue weighted by atomic mass is 10.1. The number of hydrogen-bond acceptors (Lipinski definition) is 2. The maximum atomic E-state index is 5.89. The van der Waals surface area contributed by atoms with Crippen LogP contribution >= 0.6 is 0 Å². The fourth-order valence-corrected chi connectivity index (χ4v) is 2.49. The van der Waals surface area contributed by atoms with Gasteiger partial charge in [-0.3, -0.25) is 0 Å². The summed E-state index contributed by atoms with van der Waals surface area (Å²) in [6, 6.07) is 14.8. The summed E-state index contributed by atoms with van der Waals surface area (Å²) in [4.78, 5) is 2.11. The van der Waals surface area contributed by atoms with Crippen LogP contribution in [-0.2, 0) is 7.05 Å². The molecule has 2 aromatic carbocycles. The molecule has 0 fully saturated rings. The fourth-order valence-electron chi connectivity index (χ4n) is 2.49. The minimum absolute atomic E-state index is 0.797. The number of rotatable bonds is 1. The van der Waals surface area contributed by atoms with Crippen LogP contribution in [0.3, 0.4) is 0 Å². The van der Waals surface area contributed by atoms with E-state index in [1.54, 1.807) is 0 Å². The molecule has 3 aromatic rings. The summed E-state index contributed by atoms with van der Waals surface area (Å²) in [5, 5.41) is 2.45. The number of aromatic nitrogens is 1. The number of fused-ring (bicyclic) bond motifs is 2. The molecule has 0 aliphatic rings. The van der Waals surface area contributed by atoms with Crippen molar-refractivity contribution < 1.29 is 4.57 Å². The van der Waals surface area contributed by atoms with E-state index in [1.807, 2.05) is 12.1 Å². The normalized spacial score (nSPS) is 11.1. The largest absolute Gasteiger partial charge is 0.399 e. The van der Waals surface area contributed by atoms with Crippen LogP contribution in [0.4, 0.5) is 11.4 Å². The molecule has 0 spiro atoms. The SMILES string of the molecule is CN(C)c1ccc2cc3ccc(N)cc3[n+](C)c2c1.